The van der Waals surface area contributed by atoms with Crippen molar-refractivity contribution < 1.29 is 9.53 Å². The maximum atomic E-state index is 12.5. The Labute approximate surface area is 155 Å². The molecule has 1 aromatic carbocycles. The summed E-state index contributed by atoms with van der Waals surface area (Å²) < 4.78 is 5.29. The minimum atomic E-state index is -0.274. The number of hydrogen-bond donors (Lipinski definition) is 1. The maximum Gasteiger partial charge on any atom is 0.237 e. The first-order valence-electron chi connectivity index (χ1n) is 7.80. The highest BCUT2D eigenvalue weighted by Gasteiger charge is 2.22. The molecule has 5 nitrogen and oxygen atoms in total. The van der Waals surface area contributed by atoms with E-state index in [4.69, 9.17) is 16.3 Å². The lowest BCUT2D eigenvalue weighted by atomic mass is 10.2. The summed E-state index contributed by atoms with van der Waals surface area (Å²) >= 11 is 7.36. The second-order valence-electron chi connectivity index (χ2n) is 5.75. The zero-order valence-electron chi connectivity index (χ0n) is 14.2. The molecular formula is C18H18ClN3O2S. The first-order valence-corrected chi connectivity index (χ1v) is 9.06. The van der Waals surface area contributed by atoms with Gasteiger partial charge in [-0.3, -0.25) is 4.79 Å². The van der Waals surface area contributed by atoms with Crippen LogP contribution in [0.5, 0.6) is 5.75 Å². The number of pyridine rings is 1. The van der Waals surface area contributed by atoms with Crippen LogP contribution in [-0.4, -0.2) is 28.3 Å². The summed E-state index contributed by atoms with van der Waals surface area (Å²) in [5.74, 6) is 0.670. The van der Waals surface area contributed by atoms with Crippen LogP contribution in [0.15, 0.2) is 35.5 Å². The third kappa shape index (κ3) is 4.14. The van der Waals surface area contributed by atoms with E-state index in [1.54, 1.807) is 13.3 Å². The fourth-order valence-electron chi connectivity index (χ4n) is 2.51. The van der Waals surface area contributed by atoms with Crippen molar-refractivity contribution in [1.82, 2.24) is 4.98 Å². The van der Waals surface area contributed by atoms with E-state index in [1.165, 1.54) is 11.8 Å². The number of aryl methyl sites for hydroxylation is 1. The molecule has 1 aliphatic heterocycles. The smallest absolute Gasteiger partial charge is 0.237 e. The number of anilines is 1. The van der Waals surface area contributed by atoms with E-state index in [2.05, 4.69) is 15.3 Å². The molecule has 3 rings (SSSR count). The van der Waals surface area contributed by atoms with E-state index in [1.807, 2.05) is 38.1 Å². The van der Waals surface area contributed by atoms with Crippen molar-refractivity contribution in [2.75, 3.05) is 12.4 Å². The molecule has 0 aliphatic carbocycles. The predicted molar refractivity (Wildman–Crippen MR) is 103 cm³/mol. The molecule has 0 bridgehead atoms. The van der Waals surface area contributed by atoms with Crippen LogP contribution >= 0.6 is 23.4 Å². The van der Waals surface area contributed by atoms with Gasteiger partial charge in [0, 0.05) is 18.2 Å². The van der Waals surface area contributed by atoms with Gasteiger partial charge in [-0.2, -0.15) is 0 Å². The normalized spacial score (nSPS) is 13.8. The molecule has 0 fully saturated rings. The number of aromatic nitrogens is 1. The van der Waals surface area contributed by atoms with E-state index in [0.29, 0.717) is 17.3 Å². The molecule has 1 amide bonds. The van der Waals surface area contributed by atoms with Gasteiger partial charge in [0.25, 0.3) is 0 Å². The number of methoxy groups -OCH3 is 1. The summed E-state index contributed by atoms with van der Waals surface area (Å²) in [6.45, 7) is 3.82. The third-order valence-electron chi connectivity index (χ3n) is 3.88. The highest BCUT2D eigenvalue weighted by atomic mass is 35.5. The molecular weight excluding hydrogens is 358 g/mol. The van der Waals surface area contributed by atoms with E-state index in [0.717, 1.165) is 27.6 Å². The van der Waals surface area contributed by atoms with Crippen LogP contribution in [0.4, 0.5) is 11.4 Å². The topological polar surface area (TPSA) is 63.6 Å². The second-order valence-corrected chi connectivity index (χ2v) is 7.55. The molecule has 130 valence electrons. The molecule has 2 heterocycles. The van der Waals surface area contributed by atoms with E-state index in [-0.39, 0.29) is 11.2 Å². The molecule has 7 heteroatoms. The Balaban J connectivity index is 1.62. The number of ether oxygens (including phenoxy) is 1. The van der Waals surface area contributed by atoms with Gasteiger partial charge in [0.15, 0.2) is 0 Å². The number of carbonyl (C=O) groups is 1. The van der Waals surface area contributed by atoms with Gasteiger partial charge < -0.3 is 10.1 Å². The van der Waals surface area contributed by atoms with E-state index < -0.39 is 0 Å². The molecule has 1 aliphatic rings. The highest BCUT2D eigenvalue weighted by Crippen LogP contribution is 2.32. The van der Waals surface area contributed by atoms with Crippen molar-refractivity contribution >= 4 is 45.7 Å². The summed E-state index contributed by atoms with van der Waals surface area (Å²) in [5.41, 5.74) is 3.60. The molecule has 1 N–H and O–H groups in total. The lowest BCUT2D eigenvalue weighted by molar-refractivity contribution is -0.115. The van der Waals surface area contributed by atoms with Crippen molar-refractivity contribution in [1.29, 1.82) is 0 Å². The van der Waals surface area contributed by atoms with Gasteiger partial charge in [-0.05, 0) is 37.1 Å². The van der Waals surface area contributed by atoms with Gasteiger partial charge in [0.1, 0.15) is 10.9 Å². The predicted octanol–water partition coefficient (Wildman–Crippen LogP) is 4.40. The van der Waals surface area contributed by atoms with Gasteiger partial charge in [-0.1, -0.05) is 29.4 Å². The fraction of sp³-hybridized carbons (Fsp3) is 0.278. The van der Waals surface area contributed by atoms with E-state index >= 15 is 0 Å². The molecule has 25 heavy (non-hydrogen) atoms. The Bertz CT molecular complexity index is 854. The number of halogens is 1. The molecule has 0 saturated heterocycles. The Kier molecular flexibility index (Phi) is 5.30. The number of nitrogens with one attached hydrogen (secondary N) is 1. The molecule has 0 radical (unpaired) electrons. The number of nitrogens with zero attached hydrogens (tertiary/aromatic N) is 2. The first-order chi connectivity index (χ1) is 12.0. The molecule has 0 saturated carbocycles. The number of carbonyl (C=O) groups excluding carboxylic acids is 1. The number of benzene rings is 1. The summed E-state index contributed by atoms with van der Waals surface area (Å²) in [4.78, 5) is 21.0. The van der Waals surface area contributed by atoms with Crippen molar-refractivity contribution in [3.8, 4) is 5.75 Å². The average Bonchev–Trinajstić information content (AvgIpc) is 2.97. The van der Waals surface area contributed by atoms with Crippen LogP contribution in [-0.2, 0) is 11.2 Å². The molecule has 2 aromatic rings. The second kappa shape index (κ2) is 7.45. The lowest BCUT2D eigenvalue weighted by Gasteiger charge is -2.13. The maximum absolute atomic E-state index is 12.5. The largest absolute Gasteiger partial charge is 0.496 e. The summed E-state index contributed by atoms with van der Waals surface area (Å²) in [6.07, 6.45) is 2.34. The van der Waals surface area contributed by atoms with Crippen LogP contribution in [0.25, 0.3) is 0 Å². The zero-order chi connectivity index (χ0) is 18.0. The van der Waals surface area contributed by atoms with Gasteiger partial charge in [-0.15, -0.1) is 0 Å². The van der Waals surface area contributed by atoms with Crippen LogP contribution in [0.3, 0.4) is 0 Å². The molecule has 1 aromatic heterocycles. The Hall–Kier alpha value is -2.05. The van der Waals surface area contributed by atoms with Crippen molar-refractivity contribution in [3.63, 3.8) is 0 Å². The van der Waals surface area contributed by atoms with Crippen LogP contribution in [0.2, 0.25) is 5.15 Å². The van der Waals surface area contributed by atoms with Gasteiger partial charge in [0.2, 0.25) is 5.91 Å². The average molecular weight is 376 g/mol. The minimum absolute atomic E-state index is 0.0780. The van der Waals surface area contributed by atoms with E-state index in [9.17, 15) is 4.79 Å². The number of fused-ring (bicyclic) bond motifs is 1. The number of aliphatic imine (C=N–C) groups is 1. The number of rotatable bonds is 4. The summed E-state index contributed by atoms with van der Waals surface area (Å²) in [5, 5.41) is 3.99. The number of hydrogen-bond acceptors (Lipinski definition) is 5. The zero-order valence-corrected chi connectivity index (χ0v) is 15.7. The molecule has 1 unspecified atom stereocenters. The monoisotopic (exact) mass is 375 g/mol. The SMILES string of the molecule is COc1cc(NC(=O)C(C)SC2=Nc3cnc(Cl)cc3C2)ccc1C. The van der Waals surface area contributed by atoms with Gasteiger partial charge in [-0.25, -0.2) is 9.98 Å². The van der Waals surface area contributed by atoms with Crippen molar-refractivity contribution in [3.05, 3.63) is 46.7 Å². The first kappa shape index (κ1) is 17.8. The van der Waals surface area contributed by atoms with Gasteiger partial charge >= 0.3 is 0 Å². The van der Waals surface area contributed by atoms with Crippen LogP contribution < -0.4 is 10.1 Å². The highest BCUT2D eigenvalue weighted by molar-refractivity contribution is 8.15. The summed E-state index contributed by atoms with van der Waals surface area (Å²) in [7, 11) is 1.61. The standard InChI is InChI=1S/C18H18ClN3O2S/c1-10-4-5-13(8-15(10)24-3)21-18(23)11(2)25-17-7-12-6-16(19)20-9-14(12)22-17/h4-6,8-9,11H,7H2,1-3H3,(H,21,23). The van der Waals surface area contributed by atoms with Gasteiger partial charge in [0.05, 0.1) is 29.3 Å². The molecule has 1 atom stereocenters. The van der Waals surface area contributed by atoms with Crippen LogP contribution in [0, 0.1) is 6.92 Å². The summed E-state index contributed by atoms with van der Waals surface area (Å²) in [6, 6.07) is 7.42. The van der Waals surface area contributed by atoms with Crippen molar-refractivity contribution in [2.24, 2.45) is 4.99 Å². The fourth-order valence-corrected chi connectivity index (χ4v) is 3.65. The Morgan fingerprint density at radius 2 is 2.20 bits per heavy atom. The molecule has 0 spiro atoms. The van der Waals surface area contributed by atoms with Crippen molar-refractivity contribution in [2.45, 2.75) is 25.5 Å². The minimum Gasteiger partial charge on any atom is -0.496 e. The third-order valence-corrected chi connectivity index (χ3v) is 5.16. The number of amides is 1. The quantitative estimate of drug-likeness (QED) is 0.804. The Morgan fingerprint density at radius 1 is 1.40 bits per heavy atom. The van der Waals surface area contributed by atoms with Crippen LogP contribution in [0.1, 0.15) is 18.1 Å². The lowest BCUT2D eigenvalue weighted by Crippen LogP contribution is -2.23. The number of thioether (sulfide) groups is 1. The Morgan fingerprint density at radius 3 is 2.96 bits per heavy atom.